The summed E-state index contributed by atoms with van der Waals surface area (Å²) in [6.07, 6.45) is 1.36. The van der Waals surface area contributed by atoms with E-state index in [1.54, 1.807) is 4.90 Å². The van der Waals surface area contributed by atoms with Gasteiger partial charge in [-0.05, 0) is 24.5 Å². The van der Waals surface area contributed by atoms with E-state index >= 15 is 0 Å². The van der Waals surface area contributed by atoms with E-state index in [1.807, 2.05) is 24.3 Å². The van der Waals surface area contributed by atoms with Gasteiger partial charge in [0, 0.05) is 18.8 Å². The molecule has 5 amide bonds. The number of nitrogens with one attached hydrogen (secondary N) is 2. The van der Waals surface area contributed by atoms with E-state index in [2.05, 4.69) is 10.6 Å². The largest absolute Gasteiger partial charge is 0.340 e. The molecule has 3 aliphatic rings. The van der Waals surface area contributed by atoms with Gasteiger partial charge in [-0.1, -0.05) is 18.2 Å². The van der Waals surface area contributed by atoms with E-state index in [0.717, 1.165) is 16.2 Å². The van der Waals surface area contributed by atoms with Gasteiger partial charge in [0.2, 0.25) is 11.8 Å². The number of amides is 5. The summed E-state index contributed by atoms with van der Waals surface area (Å²) in [5.41, 5.74) is 0.949. The monoisotopic (exact) mass is 342 g/mol. The van der Waals surface area contributed by atoms with Crippen LogP contribution < -0.4 is 10.6 Å². The van der Waals surface area contributed by atoms with Crippen molar-refractivity contribution in [3.8, 4) is 0 Å². The highest BCUT2D eigenvalue weighted by Crippen LogP contribution is 2.43. The van der Waals surface area contributed by atoms with Crippen molar-refractivity contribution in [3.05, 3.63) is 29.8 Å². The predicted octanol–water partition coefficient (Wildman–Crippen LogP) is 0.0507. The van der Waals surface area contributed by atoms with Crippen LogP contribution in [-0.4, -0.2) is 59.7 Å². The highest BCUT2D eigenvalue weighted by atomic mass is 16.2. The fourth-order valence-electron chi connectivity index (χ4n) is 3.90. The first kappa shape index (κ1) is 15.6. The number of carbonyl (C=O) groups is 4. The van der Waals surface area contributed by atoms with E-state index in [1.165, 1.54) is 0 Å². The van der Waals surface area contributed by atoms with E-state index in [-0.39, 0.29) is 31.4 Å². The Morgan fingerprint density at radius 1 is 1.20 bits per heavy atom. The summed E-state index contributed by atoms with van der Waals surface area (Å²) in [5.74, 6) is -0.822. The zero-order valence-corrected chi connectivity index (χ0v) is 13.6. The SMILES string of the molecule is O=C(CN1C(=O)CNC1=O)N1CCC[C@]2(C1)C(=O)Nc1ccccc12. The molecule has 0 saturated carbocycles. The first-order chi connectivity index (χ1) is 12.0. The summed E-state index contributed by atoms with van der Waals surface area (Å²) in [6, 6.07) is 6.97. The molecule has 3 aliphatic heterocycles. The van der Waals surface area contributed by atoms with Crippen molar-refractivity contribution in [2.24, 2.45) is 0 Å². The molecule has 8 nitrogen and oxygen atoms in total. The van der Waals surface area contributed by atoms with Crippen LogP contribution in [0.25, 0.3) is 0 Å². The molecule has 4 rings (SSSR count). The maximum atomic E-state index is 12.6. The van der Waals surface area contributed by atoms with Crippen molar-refractivity contribution in [1.29, 1.82) is 0 Å². The van der Waals surface area contributed by atoms with E-state index in [0.29, 0.717) is 19.4 Å². The van der Waals surface area contributed by atoms with Gasteiger partial charge in [0.1, 0.15) is 6.54 Å². The zero-order valence-electron chi connectivity index (χ0n) is 13.6. The second-order valence-corrected chi connectivity index (χ2v) is 6.64. The lowest BCUT2D eigenvalue weighted by molar-refractivity contribution is -0.139. The molecule has 0 radical (unpaired) electrons. The summed E-state index contributed by atoms with van der Waals surface area (Å²) in [6.45, 7) is 0.411. The molecule has 1 aromatic rings. The number of rotatable bonds is 2. The minimum atomic E-state index is -0.748. The maximum Gasteiger partial charge on any atom is 0.325 e. The molecule has 0 aromatic heterocycles. The Kier molecular flexibility index (Phi) is 3.48. The quantitative estimate of drug-likeness (QED) is 0.742. The fourth-order valence-corrected chi connectivity index (χ4v) is 3.90. The lowest BCUT2D eigenvalue weighted by atomic mass is 9.75. The third-order valence-corrected chi connectivity index (χ3v) is 5.20. The number of hydrogen-bond acceptors (Lipinski definition) is 4. The van der Waals surface area contributed by atoms with Crippen LogP contribution in [0, 0.1) is 0 Å². The zero-order chi connectivity index (χ0) is 17.6. The number of nitrogens with zero attached hydrogens (tertiary/aromatic N) is 2. The molecule has 8 heteroatoms. The van der Waals surface area contributed by atoms with E-state index in [9.17, 15) is 19.2 Å². The lowest BCUT2D eigenvalue weighted by Gasteiger charge is -2.39. The average molecular weight is 342 g/mol. The van der Waals surface area contributed by atoms with Crippen LogP contribution in [0.4, 0.5) is 10.5 Å². The van der Waals surface area contributed by atoms with Crippen molar-refractivity contribution < 1.29 is 19.2 Å². The molecule has 2 saturated heterocycles. The number of piperidine rings is 1. The van der Waals surface area contributed by atoms with Crippen molar-refractivity contribution in [1.82, 2.24) is 15.1 Å². The molecule has 1 aromatic carbocycles. The molecular formula is C17H18N4O4. The third-order valence-electron chi connectivity index (χ3n) is 5.20. The molecular weight excluding hydrogens is 324 g/mol. The molecule has 0 aliphatic carbocycles. The van der Waals surface area contributed by atoms with Crippen molar-refractivity contribution in [2.75, 3.05) is 31.5 Å². The number of likely N-dealkylation sites (tertiary alicyclic amines) is 1. The van der Waals surface area contributed by atoms with E-state index < -0.39 is 17.4 Å². The average Bonchev–Trinajstić information content (AvgIpc) is 3.07. The number of imide groups is 1. The lowest BCUT2D eigenvalue weighted by Crippen LogP contribution is -2.54. The van der Waals surface area contributed by atoms with Gasteiger partial charge in [-0.25, -0.2) is 4.79 Å². The summed E-state index contributed by atoms with van der Waals surface area (Å²) in [5, 5.41) is 5.30. The maximum absolute atomic E-state index is 12.6. The summed E-state index contributed by atoms with van der Waals surface area (Å²) < 4.78 is 0. The van der Waals surface area contributed by atoms with Gasteiger partial charge < -0.3 is 15.5 Å². The van der Waals surface area contributed by atoms with Gasteiger partial charge in [0.15, 0.2) is 0 Å². The van der Waals surface area contributed by atoms with Gasteiger partial charge in [0.05, 0.1) is 12.0 Å². The van der Waals surface area contributed by atoms with Gasteiger partial charge in [-0.3, -0.25) is 19.3 Å². The minimum Gasteiger partial charge on any atom is -0.340 e. The third kappa shape index (κ3) is 2.36. The Hall–Kier alpha value is -2.90. The number of benzene rings is 1. The van der Waals surface area contributed by atoms with E-state index in [4.69, 9.17) is 0 Å². The number of carbonyl (C=O) groups excluding carboxylic acids is 4. The first-order valence-corrected chi connectivity index (χ1v) is 8.28. The summed E-state index contributed by atoms with van der Waals surface area (Å²) in [4.78, 5) is 51.1. The Balaban J connectivity index is 1.55. The van der Waals surface area contributed by atoms with Gasteiger partial charge >= 0.3 is 6.03 Å². The summed E-state index contributed by atoms with van der Waals surface area (Å²) >= 11 is 0. The second-order valence-electron chi connectivity index (χ2n) is 6.64. The topological polar surface area (TPSA) is 98.8 Å². The van der Waals surface area contributed by atoms with Gasteiger partial charge in [0.25, 0.3) is 5.91 Å². The molecule has 2 fully saturated rings. The first-order valence-electron chi connectivity index (χ1n) is 8.28. The number of urea groups is 1. The van der Waals surface area contributed by atoms with Crippen LogP contribution in [0.3, 0.4) is 0 Å². The molecule has 25 heavy (non-hydrogen) atoms. The van der Waals surface area contributed by atoms with Crippen molar-refractivity contribution in [2.45, 2.75) is 18.3 Å². The van der Waals surface area contributed by atoms with Crippen LogP contribution in [0.1, 0.15) is 18.4 Å². The Morgan fingerprint density at radius 2 is 2.00 bits per heavy atom. The highest BCUT2D eigenvalue weighted by Gasteiger charge is 2.50. The molecule has 3 heterocycles. The van der Waals surface area contributed by atoms with Crippen LogP contribution in [0.15, 0.2) is 24.3 Å². The molecule has 2 N–H and O–H groups in total. The fraction of sp³-hybridized carbons (Fsp3) is 0.412. The molecule has 130 valence electrons. The molecule has 1 spiro atoms. The number of para-hydroxylation sites is 1. The minimum absolute atomic E-state index is 0.0775. The molecule has 0 unspecified atom stereocenters. The second kappa shape index (κ2) is 5.58. The van der Waals surface area contributed by atoms with Gasteiger partial charge in [-0.15, -0.1) is 0 Å². The predicted molar refractivity (Wildman–Crippen MR) is 87.7 cm³/mol. The van der Waals surface area contributed by atoms with Crippen LogP contribution in [0.5, 0.6) is 0 Å². The Bertz CT molecular complexity index is 777. The number of hydrogen-bond donors (Lipinski definition) is 2. The smallest absolute Gasteiger partial charge is 0.325 e. The van der Waals surface area contributed by atoms with Crippen LogP contribution in [-0.2, 0) is 19.8 Å². The Morgan fingerprint density at radius 3 is 2.76 bits per heavy atom. The Labute approximate surface area is 144 Å². The number of anilines is 1. The highest BCUT2D eigenvalue weighted by molar-refractivity contribution is 6.07. The normalized spacial score (nSPS) is 25.2. The van der Waals surface area contributed by atoms with Crippen molar-refractivity contribution >= 4 is 29.4 Å². The standard InChI is InChI=1S/C17H18N4O4/c22-13-8-18-16(25)21(13)9-14(23)20-7-3-6-17(10-20)11-4-1-2-5-12(11)19-15(17)24/h1-2,4-5H,3,6-10H2,(H,18,25)(H,19,24)/t17-/m1/s1. The molecule has 0 bridgehead atoms. The molecule has 1 atom stereocenters. The van der Waals surface area contributed by atoms with Gasteiger partial charge in [-0.2, -0.15) is 0 Å². The van der Waals surface area contributed by atoms with Crippen LogP contribution in [0.2, 0.25) is 0 Å². The van der Waals surface area contributed by atoms with Crippen LogP contribution >= 0.6 is 0 Å². The summed E-state index contributed by atoms with van der Waals surface area (Å²) in [7, 11) is 0. The number of fused-ring (bicyclic) bond motifs is 2. The van der Waals surface area contributed by atoms with Crippen molar-refractivity contribution in [3.63, 3.8) is 0 Å².